The maximum Gasteiger partial charge on any atom is 0.243 e. The van der Waals surface area contributed by atoms with Gasteiger partial charge in [-0.15, -0.1) is 5.10 Å². The zero-order valence-corrected chi connectivity index (χ0v) is 15.3. The van der Waals surface area contributed by atoms with Gasteiger partial charge < -0.3 is 4.74 Å². The third-order valence-electron chi connectivity index (χ3n) is 5.47. The third kappa shape index (κ3) is 2.89. The van der Waals surface area contributed by atoms with Crippen LogP contribution in [0.4, 0.5) is 0 Å². The Morgan fingerprint density at radius 3 is 2.62 bits per heavy atom. The van der Waals surface area contributed by atoms with Gasteiger partial charge in [0.2, 0.25) is 5.28 Å². The summed E-state index contributed by atoms with van der Waals surface area (Å²) in [6.45, 7) is 1.59. The number of rotatable bonds is 3. The summed E-state index contributed by atoms with van der Waals surface area (Å²) in [5.41, 5.74) is 1.73. The van der Waals surface area contributed by atoms with Crippen LogP contribution in [0.15, 0.2) is 18.3 Å². The fourth-order valence-corrected chi connectivity index (χ4v) is 4.23. The van der Waals surface area contributed by atoms with Gasteiger partial charge in [-0.1, -0.05) is 12.8 Å². The number of hydrogen-bond acceptors (Lipinski definition) is 5. The van der Waals surface area contributed by atoms with E-state index >= 15 is 0 Å². The maximum absolute atomic E-state index is 5.93. The minimum atomic E-state index is 0.252. The molecule has 0 amide bonds. The molecule has 1 saturated heterocycles. The highest BCUT2D eigenvalue weighted by molar-refractivity contribution is 6.28. The Morgan fingerprint density at radius 2 is 1.81 bits per heavy atom. The monoisotopic (exact) mass is 372 g/mol. The molecule has 3 aromatic heterocycles. The van der Waals surface area contributed by atoms with Gasteiger partial charge in [0.05, 0.1) is 6.04 Å². The van der Waals surface area contributed by atoms with Crippen molar-refractivity contribution >= 4 is 17.2 Å². The van der Waals surface area contributed by atoms with Crippen LogP contribution in [0, 0.1) is 0 Å². The lowest BCUT2D eigenvalue weighted by Crippen LogP contribution is -2.16. The summed E-state index contributed by atoms with van der Waals surface area (Å²) in [5.74, 6) is 2.26. The number of hydrogen-bond donors (Lipinski definition) is 0. The average molecular weight is 373 g/mol. The lowest BCUT2D eigenvalue weighted by Gasteiger charge is -2.19. The summed E-state index contributed by atoms with van der Waals surface area (Å²) in [5, 5.41) is 9.43. The highest BCUT2D eigenvalue weighted by atomic mass is 35.5. The average Bonchev–Trinajstić information content (AvgIpc) is 3.39. The first-order valence-corrected chi connectivity index (χ1v) is 9.72. The minimum Gasteiger partial charge on any atom is -0.381 e. The Kier molecular flexibility index (Phi) is 4.13. The number of halogens is 1. The quantitative estimate of drug-likeness (QED) is 0.701. The van der Waals surface area contributed by atoms with E-state index in [-0.39, 0.29) is 5.28 Å². The van der Waals surface area contributed by atoms with Gasteiger partial charge in [-0.05, 0) is 49.4 Å². The van der Waals surface area contributed by atoms with Crippen molar-refractivity contribution in [3.8, 4) is 11.4 Å². The zero-order valence-electron chi connectivity index (χ0n) is 14.5. The van der Waals surface area contributed by atoms with Crippen molar-refractivity contribution < 1.29 is 4.74 Å². The lowest BCUT2D eigenvalue weighted by atomic mass is 10.00. The fraction of sp³-hybridized carbons (Fsp3) is 0.556. The molecule has 0 atom stereocenters. The number of aromatic nitrogens is 6. The highest BCUT2D eigenvalue weighted by Crippen LogP contribution is 2.34. The van der Waals surface area contributed by atoms with Crippen LogP contribution in [0.2, 0.25) is 5.28 Å². The predicted molar refractivity (Wildman–Crippen MR) is 97.3 cm³/mol. The van der Waals surface area contributed by atoms with Crippen LogP contribution in [0.25, 0.3) is 17.0 Å². The zero-order chi connectivity index (χ0) is 17.5. The molecule has 5 rings (SSSR count). The molecule has 2 fully saturated rings. The summed E-state index contributed by atoms with van der Waals surface area (Å²) in [7, 11) is 0. The Hall–Kier alpha value is -1.99. The Morgan fingerprint density at radius 1 is 1.00 bits per heavy atom. The molecule has 1 saturated carbocycles. The molecular weight excluding hydrogens is 352 g/mol. The first kappa shape index (κ1) is 16.2. The second-order valence-electron chi connectivity index (χ2n) is 7.16. The molecule has 0 unspecified atom stereocenters. The predicted octanol–water partition coefficient (Wildman–Crippen LogP) is 3.65. The third-order valence-corrected chi connectivity index (χ3v) is 5.63. The highest BCUT2D eigenvalue weighted by Gasteiger charge is 2.27. The molecule has 0 N–H and O–H groups in total. The summed E-state index contributed by atoms with van der Waals surface area (Å²) in [4.78, 5) is 9.15. The van der Waals surface area contributed by atoms with Crippen LogP contribution in [-0.4, -0.2) is 42.6 Å². The van der Waals surface area contributed by atoms with Gasteiger partial charge >= 0.3 is 0 Å². The van der Waals surface area contributed by atoms with Crippen LogP contribution >= 0.6 is 11.6 Å². The van der Waals surface area contributed by atoms with Crippen LogP contribution in [0.5, 0.6) is 0 Å². The summed E-state index contributed by atoms with van der Waals surface area (Å²) in [6, 6.07) is 4.39. The molecule has 1 aliphatic heterocycles. The van der Waals surface area contributed by atoms with Gasteiger partial charge in [0.1, 0.15) is 0 Å². The van der Waals surface area contributed by atoms with Gasteiger partial charge in [0.15, 0.2) is 17.3 Å². The first-order valence-electron chi connectivity index (χ1n) is 9.34. The SMILES string of the molecule is Clc1nc2ccc(-c3nc(C4CCOCC4)nn3C3CCCC3)cn2n1. The smallest absolute Gasteiger partial charge is 0.243 e. The second kappa shape index (κ2) is 6.63. The molecular formula is C18H21ClN6O. The second-order valence-corrected chi connectivity index (χ2v) is 7.50. The largest absolute Gasteiger partial charge is 0.381 e. The molecule has 7 nitrogen and oxygen atoms in total. The van der Waals surface area contributed by atoms with Crippen molar-refractivity contribution in [1.82, 2.24) is 29.4 Å². The number of ether oxygens (including phenoxy) is 1. The van der Waals surface area contributed by atoms with Gasteiger partial charge in [-0.25, -0.2) is 14.2 Å². The van der Waals surface area contributed by atoms with Gasteiger partial charge in [-0.2, -0.15) is 10.1 Å². The molecule has 2 aliphatic rings. The Bertz CT molecular complexity index is 923. The minimum absolute atomic E-state index is 0.252. The van der Waals surface area contributed by atoms with E-state index in [2.05, 4.69) is 14.8 Å². The van der Waals surface area contributed by atoms with Crippen molar-refractivity contribution in [2.75, 3.05) is 13.2 Å². The molecule has 0 aromatic carbocycles. The van der Waals surface area contributed by atoms with Crippen molar-refractivity contribution in [2.45, 2.75) is 50.5 Å². The topological polar surface area (TPSA) is 70.1 Å². The molecule has 26 heavy (non-hydrogen) atoms. The van der Waals surface area contributed by atoms with Gasteiger partial charge in [-0.3, -0.25) is 0 Å². The van der Waals surface area contributed by atoms with Crippen molar-refractivity contribution in [3.63, 3.8) is 0 Å². The number of pyridine rings is 1. The van der Waals surface area contributed by atoms with E-state index in [0.717, 1.165) is 48.9 Å². The molecule has 4 heterocycles. The number of fused-ring (bicyclic) bond motifs is 1. The number of nitrogens with zero attached hydrogens (tertiary/aromatic N) is 6. The molecule has 0 radical (unpaired) electrons. The Labute approximate surface area is 156 Å². The van der Waals surface area contributed by atoms with Crippen LogP contribution in [0.3, 0.4) is 0 Å². The van der Waals surface area contributed by atoms with E-state index < -0.39 is 0 Å². The summed E-state index contributed by atoms with van der Waals surface area (Å²) in [6.07, 6.45) is 8.78. The standard InChI is InChI=1S/C18H21ClN6O/c19-18-20-15-6-5-13(11-24(15)23-18)17-21-16(12-7-9-26-10-8-12)22-25(17)14-3-1-2-4-14/h5-6,11-12,14H,1-4,7-10H2. The summed E-state index contributed by atoms with van der Waals surface area (Å²) < 4.78 is 9.36. The van der Waals surface area contributed by atoms with Gasteiger partial charge in [0, 0.05) is 30.9 Å². The first-order chi connectivity index (χ1) is 12.8. The van der Waals surface area contributed by atoms with E-state index in [0.29, 0.717) is 12.0 Å². The van der Waals surface area contributed by atoms with Gasteiger partial charge in [0.25, 0.3) is 0 Å². The van der Waals surface area contributed by atoms with E-state index in [4.69, 9.17) is 26.4 Å². The van der Waals surface area contributed by atoms with E-state index in [1.54, 1.807) is 4.52 Å². The molecule has 8 heteroatoms. The van der Waals surface area contributed by atoms with E-state index in [1.165, 1.54) is 25.7 Å². The van der Waals surface area contributed by atoms with E-state index in [9.17, 15) is 0 Å². The molecule has 1 aliphatic carbocycles. The molecule has 0 bridgehead atoms. The summed E-state index contributed by atoms with van der Waals surface area (Å²) >= 11 is 5.93. The van der Waals surface area contributed by atoms with Crippen molar-refractivity contribution in [1.29, 1.82) is 0 Å². The van der Waals surface area contributed by atoms with E-state index in [1.807, 2.05) is 18.3 Å². The molecule has 136 valence electrons. The van der Waals surface area contributed by atoms with Crippen LogP contribution in [0.1, 0.15) is 56.3 Å². The maximum atomic E-state index is 5.93. The Balaban J connectivity index is 1.58. The molecule has 0 spiro atoms. The normalized spacial score (nSPS) is 19.6. The van der Waals surface area contributed by atoms with Crippen molar-refractivity contribution in [2.24, 2.45) is 0 Å². The van der Waals surface area contributed by atoms with Crippen LogP contribution < -0.4 is 0 Å². The fourth-order valence-electron chi connectivity index (χ4n) is 4.06. The van der Waals surface area contributed by atoms with Crippen LogP contribution in [-0.2, 0) is 4.74 Å². The van der Waals surface area contributed by atoms with Crippen molar-refractivity contribution in [3.05, 3.63) is 29.4 Å². The lowest BCUT2D eigenvalue weighted by molar-refractivity contribution is 0.0835. The molecule has 3 aromatic rings.